The number of β-amino-alcohol motifs (C(OH)–C–C–N with tert-alkyl or cyclic N) is 1. The van der Waals surface area contributed by atoms with Crippen molar-refractivity contribution < 1.29 is 18.3 Å². The van der Waals surface area contributed by atoms with E-state index in [2.05, 4.69) is 4.90 Å². The molecule has 1 N–H and O–H groups in total. The molecule has 3 aliphatic rings. The van der Waals surface area contributed by atoms with Crippen LogP contribution in [0.1, 0.15) is 19.3 Å². The topological polar surface area (TPSA) is 81.2 Å². The molecule has 3 fully saturated rings. The fourth-order valence-electron chi connectivity index (χ4n) is 3.65. The first kappa shape index (κ1) is 16.2. The average molecular weight is 331 g/mol. The maximum atomic E-state index is 12.4. The van der Waals surface area contributed by atoms with Crippen LogP contribution in [0.2, 0.25) is 0 Å². The number of amides is 1. The highest BCUT2D eigenvalue weighted by atomic mass is 32.2. The third-order valence-electron chi connectivity index (χ3n) is 5.03. The van der Waals surface area contributed by atoms with E-state index in [9.17, 15) is 18.3 Å². The van der Waals surface area contributed by atoms with Gasteiger partial charge in [0.1, 0.15) is 0 Å². The largest absolute Gasteiger partial charge is 0.387 e. The summed E-state index contributed by atoms with van der Waals surface area (Å²) in [5.74, 6) is -0.263. The number of hydrogen-bond acceptors (Lipinski definition) is 5. The second-order valence-electron chi connectivity index (χ2n) is 6.99. The molecule has 1 unspecified atom stereocenters. The normalized spacial score (nSPS) is 31.6. The maximum absolute atomic E-state index is 12.4. The van der Waals surface area contributed by atoms with Crippen LogP contribution in [0.5, 0.6) is 0 Å². The van der Waals surface area contributed by atoms with Crippen molar-refractivity contribution in [3.8, 4) is 0 Å². The molecule has 0 saturated carbocycles. The maximum Gasteiger partial charge on any atom is 0.228 e. The Morgan fingerprint density at radius 1 is 1.23 bits per heavy atom. The van der Waals surface area contributed by atoms with Gasteiger partial charge in [-0.25, -0.2) is 12.7 Å². The first-order chi connectivity index (χ1) is 10.3. The lowest BCUT2D eigenvalue weighted by Gasteiger charge is -2.38. The van der Waals surface area contributed by atoms with Gasteiger partial charge in [-0.2, -0.15) is 0 Å². The van der Waals surface area contributed by atoms with Crippen LogP contribution < -0.4 is 0 Å². The number of likely N-dealkylation sites (tertiary alicyclic amines) is 2. The third kappa shape index (κ3) is 3.29. The molecule has 3 saturated heterocycles. The predicted molar refractivity (Wildman–Crippen MR) is 81.7 cm³/mol. The molecule has 3 aliphatic heterocycles. The Kier molecular flexibility index (Phi) is 4.22. The molecule has 1 amide bonds. The van der Waals surface area contributed by atoms with Crippen LogP contribution in [0.3, 0.4) is 0 Å². The lowest BCUT2D eigenvalue weighted by molar-refractivity contribution is -0.139. The summed E-state index contributed by atoms with van der Waals surface area (Å²) in [5.41, 5.74) is -0.805. The zero-order valence-electron chi connectivity index (χ0n) is 13.1. The minimum absolute atomic E-state index is 0.0164. The number of rotatable bonds is 4. The van der Waals surface area contributed by atoms with Gasteiger partial charge in [0.25, 0.3) is 0 Å². The van der Waals surface area contributed by atoms with Gasteiger partial charge in [-0.05, 0) is 32.4 Å². The standard InChI is InChI=1S/C14H25N3O4S/c1-22(20,21)17-8-12(9-17)13(18)16-7-4-14(19,11-16)10-15-5-2-3-6-15/h12,19H,2-11H2,1H3. The van der Waals surface area contributed by atoms with E-state index in [1.54, 1.807) is 4.90 Å². The van der Waals surface area contributed by atoms with E-state index >= 15 is 0 Å². The monoisotopic (exact) mass is 331 g/mol. The zero-order chi connectivity index (χ0) is 16.0. The van der Waals surface area contributed by atoms with Gasteiger partial charge in [-0.15, -0.1) is 0 Å². The molecular weight excluding hydrogens is 306 g/mol. The van der Waals surface area contributed by atoms with Crippen LogP contribution in [0.4, 0.5) is 0 Å². The summed E-state index contributed by atoms with van der Waals surface area (Å²) in [7, 11) is -3.19. The molecule has 22 heavy (non-hydrogen) atoms. The zero-order valence-corrected chi connectivity index (χ0v) is 13.9. The van der Waals surface area contributed by atoms with Crippen molar-refractivity contribution in [2.45, 2.75) is 24.9 Å². The first-order valence-electron chi connectivity index (χ1n) is 7.95. The lowest BCUT2D eigenvalue weighted by Crippen LogP contribution is -2.56. The molecule has 0 aliphatic carbocycles. The van der Waals surface area contributed by atoms with Crippen LogP contribution in [-0.2, 0) is 14.8 Å². The smallest absolute Gasteiger partial charge is 0.228 e. The molecule has 3 heterocycles. The Morgan fingerprint density at radius 2 is 1.86 bits per heavy atom. The number of nitrogens with zero attached hydrogens (tertiary/aromatic N) is 3. The van der Waals surface area contributed by atoms with E-state index in [0.29, 0.717) is 26.1 Å². The second-order valence-corrected chi connectivity index (χ2v) is 8.98. The van der Waals surface area contributed by atoms with Crippen molar-refractivity contribution in [1.29, 1.82) is 0 Å². The molecule has 0 spiro atoms. The molecule has 126 valence electrons. The van der Waals surface area contributed by atoms with Gasteiger partial charge in [0.2, 0.25) is 15.9 Å². The van der Waals surface area contributed by atoms with Gasteiger partial charge in [0, 0.05) is 26.2 Å². The Hall–Kier alpha value is -0.700. The number of sulfonamides is 1. The molecular formula is C14H25N3O4S. The predicted octanol–water partition coefficient (Wildman–Crippen LogP) is -1.06. The Bertz CT molecular complexity index is 540. The SMILES string of the molecule is CS(=O)(=O)N1CC(C(=O)N2CCC(O)(CN3CCCC3)C2)C1. The van der Waals surface area contributed by atoms with Gasteiger partial charge >= 0.3 is 0 Å². The van der Waals surface area contributed by atoms with E-state index in [4.69, 9.17) is 0 Å². The molecule has 0 bridgehead atoms. The van der Waals surface area contributed by atoms with Crippen molar-refractivity contribution in [2.75, 3.05) is 52.1 Å². The minimum Gasteiger partial charge on any atom is -0.387 e. The number of hydrogen-bond donors (Lipinski definition) is 1. The van der Waals surface area contributed by atoms with Gasteiger partial charge < -0.3 is 14.9 Å². The minimum atomic E-state index is -3.19. The van der Waals surface area contributed by atoms with Crippen molar-refractivity contribution >= 4 is 15.9 Å². The summed E-state index contributed by atoms with van der Waals surface area (Å²) < 4.78 is 24.0. The van der Waals surface area contributed by atoms with Crippen LogP contribution in [0.25, 0.3) is 0 Å². The van der Waals surface area contributed by atoms with Crippen LogP contribution in [0, 0.1) is 5.92 Å². The number of carbonyl (C=O) groups is 1. The molecule has 8 heteroatoms. The molecule has 0 radical (unpaired) electrons. The van der Waals surface area contributed by atoms with Crippen molar-refractivity contribution in [3.63, 3.8) is 0 Å². The van der Waals surface area contributed by atoms with E-state index in [-0.39, 0.29) is 24.9 Å². The first-order valence-corrected chi connectivity index (χ1v) is 9.80. The van der Waals surface area contributed by atoms with Crippen LogP contribution in [0.15, 0.2) is 0 Å². The Balaban J connectivity index is 1.51. The average Bonchev–Trinajstić information content (AvgIpc) is 2.95. The highest BCUT2D eigenvalue weighted by Gasteiger charge is 2.45. The summed E-state index contributed by atoms with van der Waals surface area (Å²) in [5, 5.41) is 10.7. The Labute approximate surface area is 131 Å². The highest BCUT2D eigenvalue weighted by molar-refractivity contribution is 7.88. The van der Waals surface area contributed by atoms with Gasteiger partial charge in [0.05, 0.1) is 24.3 Å². The van der Waals surface area contributed by atoms with Crippen LogP contribution in [-0.4, -0.2) is 91.2 Å². The fraction of sp³-hybridized carbons (Fsp3) is 0.929. The van der Waals surface area contributed by atoms with Crippen LogP contribution >= 0.6 is 0 Å². The fourth-order valence-corrected chi connectivity index (χ4v) is 4.56. The van der Waals surface area contributed by atoms with E-state index < -0.39 is 15.6 Å². The quantitative estimate of drug-likeness (QED) is 0.710. The summed E-state index contributed by atoms with van der Waals surface area (Å²) in [4.78, 5) is 16.4. The van der Waals surface area contributed by atoms with Crippen molar-refractivity contribution in [3.05, 3.63) is 0 Å². The van der Waals surface area contributed by atoms with Crippen molar-refractivity contribution in [1.82, 2.24) is 14.1 Å². The summed E-state index contributed by atoms with van der Waals surface area (Å²) in [6, 6.07) is 0. The summed E-state index contributed by atoms with van der Waals surface area (Å²) >= 11 is 0. The van der Waals surface area contributed by atoms with Gasteiger partial charge in [0.15, 0.2) is 0 Å². The molecule has 0 aromatic heterocycles. The Morgan fingerprint density at radius 3 is 2.45 bits per heavy atom. The van der Waals surface area contributed by atoms with Gasteiger partial charge in [-0.3, -0.25) is 4.79 Å². The molecule has 7 nitrogen and oxygen atoms in total. The lowest BCUT2D eigenvalue weighted by atomic mass is 10.0. The molecule has 1 atom stereocenters. The number of carbonyl (C=O) groups excluding carboxylic acids is 1. The molecule has 0 aromatic rings. The highest BCUT2D eigenvalue weighted by Crippen LogP contribution is 2.28. The van der Waals surface area contributed by atoms with E-state index in [1.165, 1.54) is 23.4 Å². The summed E-state index contributed by atoms with van der Waals surface area (Å²) in [6.07, 6.45) is 4.14. The number of aliphatic hydroxyl groups is 1. The molecule has 0 aromatic carbocycles. The molecule has 3 rings (SSSR count). The second kappa shape index (κ2) is 5.74. The van der Waals surface area contributed by atoms with Crippen molar-refractivity contribution in [2.24, 2.45) is 5.92 Å². The third-order valence-corrected chi connectivity index (χ3v) is 6.26. The summed E-state index contributed by atoms with van der Waals surface area (Å²) in [6.45, 7) is 4.19. The van der Waals surface area contributed by atoms with E-state index in [1.807, 2.05) is 0 Å². The van der Waals surface area contributed by atoms with Gasteiger partial charge in [-0.1, -0.05) is 0 Å². The van der Waals surface area contributed by atoms with E-state index in [0.717, 1.165) is 13.1 Å².